The Kier molecular flexibility index (Phi) is 7.62. The predicted molar refractivity (Wildman–Crippen MR) is 126 cm³/mol. The van der Waals surface area contributed by atoms with E-state index in [-0.39, 0.29) is 17.8 Å². The highest BCUT2D eigenvalue weighted by Gasteiger charge is 2.20. The van der Waals surface area contributed by atoms with Crippen molar-refractivity contribution in [2.24, 2.45) is 0 Å². The molecule has 1 unspecified atom stereocenters. The van der Waals surface area contributed by atoms with Crippen LogP contribution in [0.2, 0.25) is 5.02 Å². The number of carbonyl (C=O) groups is 1. The number of rotatable bonds is 8. The van der Waals surface area contributed by atoms with Gasteiger partial charge in [-0.3, -0.25) is 4.79 Å². The topological polar surface area (TPSA) is 69.0 Å². The number of hydrogen-bond acceptors (Lipinski definition) is 5. The van der Waals surface area contributed by atoms with Gasteiger partial charge in [-0.2, -0.15) is 0 Å². The smallest absolute Gasteiger partial charge is 0.234 e. The number of ether oxygens (including phenoxy) is 1. The van der Waals surface area contributed by atoms with E-state index in [0.717, 1.165) is 17.1 Å². The van der Waals surface area contributed by atoms with Crippen LogP contribution in [0.25, 0.3) is 0 Å². The van der Waals surface area contributed by atoms with Crippen molar-refractivity contribution in [2.45, 2.75) is 52.4 Å². The lowest BCUT2D eigenvalue weighted by Gasteiger charge is -2.16. The van der Waals surface area contributed by atoms with Crippen LogP contribution in [0.5, 0.6) is 5.75 Å². The van der Waals surface area contributed by atoms with Crippen LogP contribution in [0.1, 0.15) is 42.5 Å². The minimum atomic E-state index is -0.271. The first kappa shape index (κ1) is 23.2. The first-order valence-electron chi connectivity index (χ1n) is 10.1. The van der Waals surface area contributed by atoms with E-state index in [1.54, 1.807) is 12.1 Å². The number of nitrogens with one attached hydrogen (secondary N) is 1. The maximum Gasteiger partial charge on any atom is 0.234 e. The van der Waals surface area contributed by atoms with Crippen LogP contribution in [0, 0.1) is 20.8 Å². The van der Waals surface area contributed by atoms with Crippen molar-refractivity contribution < 1.29 is 9.53 Å². The second-order valence-corrected chi connectivity index (χ2v) is 8.77. The first-order chi connectivity index (χ1) is 14.8. The van der Waals surface area contributed by atoms with Gasteiger partial charge in [-0.15, -0.1) is 10.2 Å². The molecular formula is C23H27ClN4O2S. The molecule has 0 spiro atoms. The van der Waals surface area contributed by atoms with Crippen molar-refractivity contribution >= 4 is 35.0 Å². The van der Waals surface area contributed by atoms with Crippen LogP contribution in [0.15, 0.2) is 41.6 Å². The zero-order valence-corrected chi connectivity index (χ0v) is 20.0. The third-order valence-electron chi connectivity index (χ3n) is 5.02. The highest BCUT2D eigenvalue weighted by Crippen LogP contribution is 2.26. The fourth-order valence-electron chi connectivity index (χ4n) is 3.09. The Hall–Kier alpha value is -2.51. The number of carbonyl (C=O) groups excluding carboxylic acids is 1. The summed E-state index contributed by atoms with van der Waals surface area (Å²) in [5, 5.41) is 12.8. The fourth-order valence-corrected chi connectivity index (χ4v) is 4.08. The summed E-state index contributed by atoms with van der Waals surface area (Å²) in [6, 6.07) is 11.5. The summed E-state index contributed by atoms with van der Waals surface area (Å²) >= 11 is 7.38. The Morgan fingerprint density at radius 1 is 1.13 bits per heavy atom. The van der Waals surface area contributed by atoms with E-state index in [1.165, 1.54) is 22.9 Å². The molecule has 1 atom stereocenters. The van der Waals surface area contributed by atoms with E-state index in [1.807, 2.05) is 49.6 Å². The molecule has 6 nitrogen and oxygen atoms in total. The van der Waals surface area contributed by atoms with E-state index in [0.29, 0.717) is 22.4 Å². The molecule has 31 heavy (non-hydrogen) atoms. The van der Waals surface area contributed by atoms with Gasteiger partial charge in [0.1, 0.15) is 5.75 Å². The Balaban J connectivity index is 1.65. The van der Waals surface area contributed by atoms with Gasteiger partial charge in [0.25, 0.3) is 0 Å². The number of nitrogens with zero attached hydrogens (tertiary/aromatic N) is 3. The van der Waals surface area contributed by atoms with E-state index in [2.05, 4.69) is 29.4 Å². The molecule has 3 rings (SSSR count). The van der Waals surface area contributed by atoms with Gasteiger partial charge in [0.15, 0.2) is 17.1 Å². The predicted octanol–water partition coefficient (Wildman–Crippen LogP) is 5.75. The van der Waals surface area contributed by atoms with Gasteiger partial charge in [0, 0.05) is 17.3 Å². The number of hydrogen-bond donors (Lipinski definition) is 1. The summed E-state index contributed by atoms with van der Waals surface area (Å²) in [4.78, 5) is 12.4. The standard InChI is InChI=1S/C23H27ClN4O2S/c1-6-28-22(17(5)30-19-10-8-14(2)16(4)11-19)26-27-23(28)31-13-21(29)25-20-12-18(24)9-7-15(20)3/h7-12,17H,6,13H2,1-5H3,(H,25,29). The molecule has 0 aliphatic heterocycles. The summed E-state index contributed by atoms with van der Waals surface area (Å²) in [5.41, 5.74) is 4.07. The maximum absolute atomic E-state index is 12.4. The molecule has 0 fully saturated rings. The summed E-state index contributed by atoms with van der Waals surface area (Å²) in [6.45, 7) is 10.7. The molecule has 0 saturated heterocycles. The average Bonchev–Trinajstić information content (AvgIpc) is 3.15. The van der Waals surface area contributed by atoms with Crippen molar-refractivity contribution in [3.63, 3.8) is 0 Å². The Morgan fingerprint density at radius 3 is 2.58 bits per heavy atom. The lowest BCUT2D eigenvalue weighted by Crippen LogP contribution is -2.16. The van der Waals surface area contributed by atoms with Gasteiger partial charge in [-0.1, -0.05) is 35.5 Å². The Morgan fingerprint density at radius 2 is 1.87 bits per heavy atom. The highest BCUT2D eigenvalue weighted by atomic mass is 35.5. The number of halogens is 1. The van der Waals surface area contributed by atoms with E-state index in [4.69, 9.17) is 16.3 Å². The van der Waals surface area contributed by atoms with Gasteiger partial charge < -0.3 is 14.6 Å². The molecule has 0 bridgehead atoms. The molecular weight excluding hydrogens is 432 g/mol. The molecule has 0 aliphatic rings. The molecule has 0 aliphatic carbocycles. The van der Waals surface area contributed by atoms with Gasteiger partial charge in [0.2, 0.25) is 5.91 Å². The monoisotopic (exact) mass is 458 g/mol. The number of aryl methyl sites for hydroxylation is 3. The minimum Gasteiger partial charge on any atom is -0.483 e. The van der Waals surface area contributed by atoms with Crippen molar-refractivity contribution in [3.8, 4) is 5.75 Å². The van der Waals surface area contributed by atoms with Crippen LogP contribution in [-0.2, 0) is 11.3 Å². The van der Waals surface area contributed by atoms with Crippen molar-refractivity contribution in [3.05, 3.63) is 63.9 Å². The van der Waals surface area contributed by atoms with Gasteiger partial charge in [-0.25, -0.2) is 0 Å². The summed E-state index contributed by atoms with van der Waals surface area (Å²) in [7, 11) is 0. The molecule has 1 amide bonds. The van der Waals surface area contributed by atoms with Crippen LogP contribution in [0.3, 0.4) is 0 Å². The zero-order chi connectivity index (χ0) is 22.5. The van der Waals surface area contributed by atoms with Crippen LogP contribution in [0.4, 0.5) is 5.69 Å². The van der Waals surface area contributed by atoms with Crippen molar-refractivity contribution in [1.29, 1.82) is 0 Å². The highest BCUT2D eigenvalue weighted by molar-refractivity contribution is 7.99. The number of thioether (sulfide) groups is 1. The molecule has 3 aromatic rings. The molecule has 0 saturated carbocycles. The van der Waals surface area contributed by atoms with Gasteiger partial charge in [0.05, 0.1) is 5.75 Å². The molecule has 164 valence electrons. The van der Waals surface area contributed by atoms with Gasteiger partial charge in [-0.05, 0) is 75.6 Å². The fraction of sp³-hybridized carbons (Fsp3) is 0.348. The molecule has 1 aromatic heterocycles. The Labute approximate surface area is 192 Å². The summed E-state index contributed by atoms with van der Waals surface area (Å²) < 4.78 is 8.08. The summed E-state index contributed by atoms with van der Waals surface area (Å²) in [6.07, 6.45) is -0.271. The largest absolute Gasteiger partial charge is 0.483 e. The number of aromatic nitrogens is 3. The third-order valence-corrected chi connectivity index (χ3v) is 6.22. The maximum atomic E-state index is 12.4. The number of benzene rings is 2. The molecule has 1 heterocycles. The first-order valence-corrected chi connectivity index (χ1v) is 11.5. The van der Waals surface area contributed by atoms with E-state index < -0.39 is 0 Å². The third kappa shape index (κ3) is 5.80. The molecule has 2 aromatic carbocycles. The van der Waals surface area contributed by atoms with Crippen LogP contribution in [-0.4, -0.2) is 26.4 Å². The Bertz CT molecular complexity index is 1080. The quantitative estimate of drug-likeness (QED) is 0.435. The lowest BCUT2D eigenvalue weighted by atomic mass is 10.1. The van der Waals surface area contributed by atoms with Gasteiger partial charge >= 0.3 is 0 Å². The second-order valence-electron chi connectivity index (χ2n) is 7.39. The van der Waals surface area contributed by atoms with E-state index in [9.17, 15) is 4.79 Å². The number of amides is 1. The minimum absolute atomic E-state index is 0.123. The number of anilines is 1. The SMILES string of the molecule is CCn1c(SCC(=O)Nc2cc(Cl)ccc2C)nnc1C(C)Oc1ccc(C)c(C)c1. The molecule has 1 N–H and O–H groups in total. The van der Waals surface area contributed by atoms with E-state index >= 15 is 0 Å². The summed E-state index contributed by atoms with van der Waals surface area (Å²) in [5.74, 6) is 1.62. The van der Waals surface area contributed by atoms with Crippen molar-refractivity contribution in [1.82, 2.24) is 14.8 Å². The average molecular weight is 459 g/mol. The molecule has 8 heteroatoms. The lowest BCUT2D eigenvalue weighted by molar-refractivity contribution is -0.113. The zero-order valence-electron chi connectivity index (χ0n) is 18.4. The van der Waals surface area contributed by atoms with Crippen LogP contribution < -0.4 is 10.1 Å². The molecule has 0 radical (unpaired) electrons. The van der Waals surface area contributed by atoms with Crippen molar-refractivity contribution in [2.75, 3.05) is 11.1 Å². The second kappa shape index (κ2) is 10.2. The normalized spacial score (nSPS) is 11.9. The van der Waals surface area contributed by atoms with Crippen LogP contribution >= 0.6 is 23.4 Å².